The summed E-state index contributed by atoms with van der Waals surface area (Å²) in [5, 5.41) is 5.86. The van der Waals surface area contributed by atoms with Crippen molar-refractivity contribution in [3.05, 3.63) is 52.4 Å². The number of rotatable bonds is 5. The summed E-state index contributed by atoms with van der Waals surface area (Å²) in [5.41, 5.74) is 1.99. The molecule has 2 aromatic rings. The van der Waals surface area contributed by atoms with Crippen LogP contribution >= 0.6 is 15.9 Å². The summed E-state index contributed by atoms with van der Waals surface area (Å²) < 4.78 is 6.12. The van der Waals surface area contributed by atoms with E-state index in [1.54, 1.807) is 7.05 Å². The number of benzene rings is 1. The van der Waals surface area contributed by atoms with Crippen molar-refractivity contribution in [1.29, 1.82) is 0 Å². The van der Waals surface area contributed by atoms with E-state index in [2.05, 4.69) is 26.6 Å². The number of nitrogens with one attached hydrogen (secondary N) is 2. The molecule has 2 rings (SSSR count). The van der Waals surface area contributed by atoms with Crippen molar-refractivity contribution in [2.45, 2.75) is 13.0 Å². The Morgan fingerprint density at radius 3 is 2.53 bits per heavy atom. The molecule has 1 heterocycles. The number of furan rings is 1. The van der Waals surface area contributed by atoms with Crippen molar-refractivity contribution in [1.82, 2.24) is 5.32 Å². The SMILES string of the molecule is CNC(=O)Cc1ccc(NCc2ccc(Br)o2)cc1. The van der Waals surface area contributed by atoms with Gasteiger partial charge < -0.3 is 15.1 Å². The highest BCUT2D eigenvalue weighted by Crippen LogP contribution is 2.16. The molecule has 0 saturated carbocycles. The lowest BCUT2D eigenvalue weighted by molar-refractivity contribution is -0.119. The van der Waals surface area contributed by atoms with Crippen molar-refractivity contribution >= 4 is 27.5 Å². The van der Waals surface area contributed by atoms with E-state index in [1.165, 1.54) is 0 Å². The molecule has 0 spiro atoms. The zero-order chi connectivity index (χ0) is 13.7. The average molecular weight is 323 g/mol. The highest BCUT2D eigenvalue weighted by Gasteiger charge is 2.02. The van der Waals surface area contributed by atoms with Gasteiger partial charge >= 0.3 is 0 Å². The zero-order valence-electron chi connectivity index (χ0n) is 10.6. The Morgan fingerprint density at radius 2 is 1.95 bits per heavy atom. The van der Waals surface area contributed by atoms with Crippen LogP contribution in [0.15, 0.2) is 45.5 Å². The molecule has 0 unspecified atom stereocenters. The molecule has 2 N–H and O–H groups in total. The van der Waals surface area contributed by atoms with Crippen molar-refractivity contribution in [3.8, 4) is 0 Å². The molecule has 0 aliphatic heterocycles. The molecule has 100 valence electrons. The number of hydrogen-bond donors (Lipinski definition) is 2. The minimum Gasteiger partial charge on any atom is -0.452 e. The first-order valence-corrected chi connectivity index (χ1v) is 6.74. The van der Waals surface area contributed by atoms with Gasteiger partial charge in [0.1, 0.15) is 5.76 Å². The Morgan fingerprint density at radius 1 is 1.21 bits per heavy atom. The van der Waals surface area contributed by atoms with Gasteiger partial charge in [0, 0.05) is 12.7 Å². The van der Waals surface area contributed by atoms with E-state index in [-0.39, 0.29) is 5.91 Å². The Hall–Kier alpha value is -1.75. The molecular formula is C14H15BrN2O2. The van der Waals surface area contributed by atoms with Gasteiger partial charge in [0.25, 0.3) is 0 Å². The number of carbonyl (C=O) groups excluding carboxylic acids is 1. The molecule has 1 amide bonds. The molecular weight excluding hydrogens is 308 g/mol. The molecule has 0 radical (unpaired) electrons. The number of anilines is 1. The molecule has 1 aromatic heterocycles. The maximum atomic E-state index is 11.2. The third-order valence-corrected chi connectivity index (χ3v) is 3.12. The summed E-state index contributed by atoms with van der Waals surface area (Å²) in [6, 6.07) is 11.6. The second kappa shape index (κ2) is 6.43. The zero-order valence-corrected chi connectivity index (χ0v) is 12.2. The maximum Gasteiger partial charge on any atom is 0.224 e. The molecule has 0 saturated heterocycles. The van der Waals surface area contributed by atoms with E-state index in [0.29, 0.717) is 13.0 Å². The van der Waals surface area contributed by atoms with Crippen LogP contribution < -0.4 is 10.6 Å². The molecule has 19 heavy (non-hydrogen) atoms. The van der Waals surface area contributed by atoms with Gasteiger partial charge in [-0.05, 0) is 45.8 Å². The van der Waals surface area contributed by atoms with Crippen LogP contribution in [0.2, 0.25) is 0 Å². The summed E-state index contributed by atoms with van der Waals surface area (Å²) in [6.07, 6.45) is 0.405. The van der Waals surface area contributed by atoms with Gasteiger partial charge in [-0.15, -0.1) is 0 Å². The lowest BCUT2D eigenvalue weighted by Gasteiger charge is -2.06. The van der Waals surface area contributed by atoms with E-state index in [4.69, 9.17) is 4.42 Å². The predicted octanol–water partition coefficient (Wildman–Crippen LogP) is 2.94. The Kier molecular flexibility index (Phi) is 4.63. The predicted molar refractivity (Wildman–Crippen MR) is 77.9 cm³/mol. The van der Waals surface area contributed by atoms with E-state index >= 15 is 0 Å². The highest BCUT2D eigenvalue weighted by molar-refractivity contribution is 9.10. The summed E-state index contributed by atoms with van der Waals surface area (Å²) in [6.45, 7) is 0.625. The van der Waals surface area contributed by atoms with E-state index in [9.17, 15) is 4.79 Å². The van der Waals surface area contributed by atoms with Crippen molar-refractivity contribution in [2.75, 3.05) is 12.4 Å². The highest BCUT2D eigenvalue weighted by atomic mass is 79.9. The minimum atomic E-state index is 0.0149. The second-order valence-electron chi connectivity index (χ2n) is 4.11. The number of hydrogen-bond acceptors (Lipinski definition) is 3. The van der Waals surface area contributed by atoms with Crippen LogP contribution in [0.3, 0.4) is 0 Å². The first kappa shape index (κ1) is 13.7. The summed E-state index contributed by atoms with van der Waals surface area (Å²) in [7, 11) is 1.64. The van der Waals surface area contributed by atoms with Gasteiger partial charge in [0.15, 0.2) is 4.67 Å². The monoisotopic (exact) mass is 322 g/mol. The number of carbonyl (C=O) groups is 1. The van der Waals surface area contributed by atoms with E-state index < -0.39 is 0 Å². The molecule has 5 heteroatoms. The lowest BCUT2D eigenvalue weighted by Crippen LogP contribution is -2.19. The van der Waals surface area contributed by atoms with Crippen LogP contribution in [-0.4, -0.2) is 13.0 Å². The molecule has 0 aliphatic rings. The summed E-state index contributed by atoms with van der Waals surface area (Å²) in [5.74, 6) is 0.877. The quantitative estimate of drug-likeness (QED) is 0.889. The van der Waals surface area contributed by atoms with Gasteiger partial charge in [-0.3, -0.25) is 4.79 Å². The largest absolute Gasteiger partial charge is 0.452 e. The van der Waals surface area contributed by atoms with Crippen LogP contribution in [0.25, 0.3) is 0 Å². The first-order chi connectivity index (χ1) is 9.17. The Bertz CT molecular complexity index is 549. The fourth-order valence-corrected chi connectivity index (χ4v) is 1.99. The number of likely N-dealkylation sites (N-methyl/N-ethyl adjacent to an activating group) is 1. The topological polar surface area (TPSA) is 54.3 Å². The number of halogens is 1. The van der Waals surface area contributed by atoms with Gasteiger partial charge in [0.05, 0.1) is 13.0 Å². The number of amides is 1. The van der Waals surface area contributed by atoms with Gasteiger partial charge in [-0.1, -0.05) is 12.1 Å². The summed E-state index contributed by atoms with van der Waals surface area (Å²) in [4.78, 5) is 11.2. The van der Waals surface area contributed by atoms with Crippen molar-refractivity contribution in [3.63, 3.8) is 0 Å². The van der Waals surface area contributed by atoms with Crippen LogP contribution in [0.5, 0.6) is 0 Å². The van der Waals surface area contributed by atoms with Gasteiger partial charge in [0.2, 0.25) is 5.91 Å². The Labute approximate surface area is 120 Å². The maximum absolute atomic E-state index is 11.2. The second-order valence-corrected chi connectivity index (χ2v) is 4.89. The molecule has 1 aromatic carbocycles. The van der Waals surface area contributed by atoms with Gasteiger partial charge in [-0.25, -0.2) is 0 Å². The molecule has 0 atom stereocenters. The van der Waals surface area contributed by atoms with Gasteiger partial charge in [-0.2, -0.15) is 0 Å². The molecule has 0 fully saturated rings. The standard InChI is InChI=1S/C14H15BrN2O2/c1-16-14(18)8-10-2-4-11(5-3-10)17-9-12-6-7-13(15)19-12/h2-7,17H,8-9H2,1H3,(H,16,18). The smallest absolute Gasteiger partial charge is 0.224 e. The minimum absolute atomic E-state index is 0.0149. The third-order valence-electron chi connectivity index (χ3n) is 2.69. The van der Waals surface area contributed by atoms with Crippen LogP contribution in [0.1, 0.15) is 11.3 Å². The lowest BCUT2D eigenvalue weighted by atomic mass is 10.1. The fraction of sp³-hybridized carbons (Fsp3) is 0.214. The third kappa shape index (κ3) is 4.13. The Balaban J connectivity index is 1.89. The van der Waals surface area contributed by atoms with E-state index in [1.807, 2.05) is 36.4 Å². The fourth-order valence-electron chi connectivity index (χ4n) is 1.65. The van der Waals surface area contributed by atoms with E-state index in [0.717, 1.165) is 21.7 Å². The first-order valence-electron chi connectivity index (χ1n) is 5.95. The molecule has 0 aliphatic carbocycles. The summed E-state index contributed by atoms with van der Waals surface area (Å²) >= 11 is 3.27. The normalized spacial score (nSPS) is 10.2. The van der Waals surface area contributed by atoms with Crippen LogP contribution in [-0.2, 0) is 17.8 Å². The van der Waals surface area contributed by atoms with Crippen LogP contribution in [0.4, 0.5) is 5.69 Å². The molecule has 4 nitrogen and oxygen atoms in total. The van der Waals surface area contributed by atoms with Crippen LogP contribution in [0, 0.1) is 0 Å². The average Bonchev–Trinajstić information content (AvgIpc) is 2.83. The molecule has 0 bridgehead atoms. The van der Waals surface area contributed by atoms with Crippen molar-refractivity contribution < 1.29 is 9.21 Å². The van der Waals surface area contributed by atoms with Crippen molar-refractivity contribution in [2.24, 2.45) is 0 Å².